The Balaban J connectivity index is 1.73. The molecule has 6 heteroatoms. The number of nitrogens with zero attached hydrogens (tertiary/aromatic N) is 2. The molecule has 1 saturated heterocycles. The van der Waals surface area contributed by atoms with Crippen LogP contribution in [0.2, 0.25) is 0 Å². The third kappa shape index (κ3) is 1.97. The molecule has 18 heavy (non-hydrogen) atoms. The quantitative estimate of drug-likeness (QED) is 0.889. The molecule has 1 aliphatic carbocycles. The van der Waals surface area contributed by atoms with Crippen LogP contribution in [0.15, 0.2) is 17.6 Å². The molecule has 2 fully saturated rings. The fraction of sp³-hybridized carbons (Fsp3) is 0.750. The number of rotatable bonds is 2. The zero-order valence-corrected chi connectivity index (χ0v) is 11.2. The van der Waals surface area contributed by atoms with Crippen molar-refractivity contribution in [1.29, 1.82) is 0 Å². The predicted molar refractivity (Wildman–Crippen MR) is 67.5 cm³/mol. The molecule has 0 bridgehead atoms. The molecule has 1 aliphatic heterocycles. The van der Waals surface area contributed by atoms with Gasteiger partial charge in [0, 0.05) is 13.1 Å². The van der Waals surface area contributed by atoms with Crippen molar-refractivity contribution in [2.24, 2.45) is 5.41 Å². The van der Waals surface area contributed by atoms with E-state index in [9.17, 15) is 8.42 Å². The molecule has 0 amide bonds. The molecule has 5 nitrogen and oxygen atoms in total. The highest BCUT2D eigenvalue weighted by atomic mass is 32.2. The lowest BCUT2D eigenvalue weighted by atomic mass is 9.78. The highest BCUT2D eigenvalue weighted by Gasteiger charge is 2.40. The van der Waals surface area contributed by atoms with Crippen LogP contribution < -0.4 is 0 Å². The average molecular weight is 269 g/mol. The number of nitrogens with one attached hydrogen (secondary N) is 1. The molecule has 3 rings (SSSR count). The highest BCUT2D eigenvalue weighted by Crippen LogP contribution is 2.46. The summed E-state index contributed by atoms with van der Waals surface area (Å²) in [7, 11) is -3.35. The van der Waals surface area contributed by atoms with E-state index >= 15 is 0 Å². The van der Waals surface area contributed by atoms with Gasteiger partial charge in [0.2, 0.25) is 0 Å². The minimum absolute atomic E-state index is 0.213. The Bertz CT molecular complexity index is 493. The summed E-state index contributed by atoms with van der Waals surface area (Å²) in [5, 5.41) is 0.213. The van der Waals surface area contributed by atoms with Crippen molar-refractivity contribution in [3.63, 3.8) is 0 Å². The lowest BCUT2D eigenvalue weighted by Gasteiger charge is -2.38. The molecule has 100 valence electrons. The summed E-state index contributed by atoms with van der Waals surface area (Å²) in [6.45, 7) is 1.31. The number of hydrogen-bond acceptors (Lipinski definition) is 3. The van der Waals surface area contributed by atoms with Gasteiger partial charge in [-0.25, -0.2) is 13.4 Å². The van der Waals surface area contributed by atoms with E-state index in [-0.39, 0.29) is 5.03 Å². The molecule has 1 aromatic rings. The van der Waals surface area contributed by atoms with Gasteiger partial charge in [-0.15, -0.1) is 0 Å². The van der Waals surface area contributed by atoms with E-state index in [1.54, 1.807) is 4.31 Å². The summed E-state index contributed by atoms with van der Waals surface area (Å²) in [4.78, 5) is 6.49. The van der Waals surface area contributed by atoms with Crippen LogP contribution in [0.3, 0.4) is 0 Å². The Labute approximate surface area is 108 Å². The first-order valence-electron chi connectivity index (χ1n) is 6.61. The molecule has 1 spiro atoms. The van der Waals surface area contributed by atoms with Crippen LogP contribution in [0, 0.1) is 5.41 Å². The van der Waals surface area contributed by atoms with Gasteiger partial charge in [-0.05, 0) is 31.1 Å². The van der Waals surface area contributed by atoms with E-state index in [1.165, 1.54) is 38.2 Å². The minimum atomic E-state index is -3.35. The molecule has 1 saturated carbocycles. The monoisotopic (exact) mass is 269 g/mol. The molecule has 0 radical (unpaired) electrons. The Morgan fingerprint density at radius 3 is 2.39 bits per heavy atom. The highest BCUT2D eigenvalue weighted by molar-refractivity contribution is 7.89. The molecular weight excluding hydrogens is 250 g/mol. The van der Waals surface area contributed by atoms with E-state index in [2.05, 4.69) is 9.97 Å². The number of hydrogen-bond donors (Lipinski definition) is 1. The zero-order chi connectivity index (χ0) is 12.6. The lowest BCUT2D eigenvalue weighted by Crippen LogP contribution is -2.42. The number of imidazole rings is 1. The zero-order valence-electron chi connectivity index (χ0n) is 10.4. The number of H-pyrrole nitrogens is 1. The normalized spacial score (nSPS) is 24.7. The van der Waals surface area contributed by atoms with Gasteiger partial charge in [0.15, 0.2) is 5.03 Å². The first-order valence-corrected chi connectivity index (χ1v) is 8.05. The number of aromatic amines is 1. The first kappa shape index (κ1) is 12.2. The van der Waals surface area contributed by atoms with Crippen molar-refractivity contribution in [2.75, 3.05) is 13.1 Å². The van der Waals surface area contributed by atoms with Crippen molar-refractivity contribution in [1.82, 2.24) is 14.3 Å². The fourth-order valence-corrected chi connectivity index (χ4v) is 4.69. The lowest BCUT2D eigenvalue weighted by molar-refractivity contribution is 0.160. The first-order chi connectivity index (χ1) is 8.62. The third-order valence-electron chi connectivity index (χ3n) is 4.54. The van der Waals surface area contributed by atoms with Crippen molar-refractivity contribution in [3.8, 4) is 0 Å². The van der Waals surface area contributed by atoms with E-state index in [0.717, 1.165) is 12.8 Å². The van der Waals surface area contributed by atoms with Gasteiger partial charge in [0.25, 0.3) is 10.0 Å². The molecule has 1 N–H and O–H groups in total. The number of sulfonamides is 1. The molecular formula is C12H19N3O2S. The Morgan fingerprint density at radius 2 is 1.83 bits per heavy atom. The van der Waals surface area contributed by atoms with Crippen LogP contribution in [0.5, 0.6) is 0 Å². The van der Waals surface area contributed by atoms with Crippen molar-refractivity contribution >= 4 is 10.0 Å². The van der Waals surface area contributed by atoms with E-state index < -0.39 is 10.0 Å². The molecule has 0 aromatic carbocycles. The van der Waals surface area contributed by atoms with E-state index in [0.29, 0.717) is 18.5 Å². The number of piperidine rings is 1. The van der Waals surface area contributed by atoms with Crippen molar-refractivity contribution in [3.05, 3.63) is 12.5 Å². The summed E-state index contributed by atoms with van der Waals surface area (Å²) in [5.74, 6) is 0. The maximum absolute atomic E-state index is 12.3. The second-order valence-corrected chi connectivity index (χ2v) is 7.43. The second kappa shape index (κ2) is 4.35. The van der Waals surface area contributed by atoms with Crippen LogP contribution in [0.4, 0.5) is 0 Å². The van der Waals surface area contributed by atoms with E-state index in [1.807, 2.05) is 0 Å². The Hall–Kier alpha value is -0.880. The van der Waals surface area contributed by atoms with Gasteiger partial charge in [0.05, 0.1) is 12.5 Å². The minimum Gasteiger partial charge on any atom is -0.335 e. The van der Waals surface area contributed by atoms with Crippen molar-refractivity contribution < 1.29 is 8.42 Å². The van der Waals surface area contributed by atoms with Gasteiger partial charge < -0.3 is 4.98 Å². The van der Waals surface area contributed by atoms with Crippen LogP contribution in [0.25, 0.3) is 0 Å². The predicted octanol–water partition coefficient (Wildman–Crippen LogP) is 1.75. The Morgan fingerprint density at radius 1 is 1.17 bits per heavy atom. The summed E-state index contributed by atoms with van der Waals surface area (Å²) in [6, 6.07) is 0. The van der Waals surface area contributed by atoms with Crippen LogP contribution in [-0.4, -0.2) is 35.8 Å². The largest absolute Gasteiger partial charge is 0.335 e. The maximum atomic E-state index is 12.3. The summed E-state index contributed by atoms with van der Waals surface area (Å²) in [6.07, 6.45) is 10.0. The summed E-state index contributed by atoms with van der Waals surface area (Å²) in [5.41, 5.74) is 0.444. The van der Waals surface area contributed by atoms with Gasteiger partial charge in [-0.2, -0.15) is 4.31 Å². The SMILES string of the molecule is O=S(=O)(c1cnc[nH]1)N1CCC2(CCCC2)CC1. The van der Waals surface area contributed by atoms with Crippen LogP contribution >= 0.6 is 0 Å². The van der Waals surface area contributed by atoms with Gasteiger partial charge in [-0.3, -0.25) is 0 Å². The molecule has 0 atom stereocenters. The van der Waals surface area contributed by atoms with Crippen molar-refractivity contribution in [2.45, 2.75) is 43.6 Å². The van der Waals surface area contributed by atoms with Crippen LogP contribution in [-0.2, 0) is 10.0 Å². The molecule has 1 aromatic heterocycles. The standard InChI is InChI=1S/C12H19N3O2S/c16-18(17,11-9-13-10-14-11)15-7-5-12(6-8-15)3-1-2-4-12/h9-10H,1-8H2,(H,13,14). The fourth-order valence-electron chi connectivity index (χ4n) is 3.35. The molecule has 2 heterocycles. The summed E-state index contributed by atoms with van der Waals surface area (Å²) >= 11 is 0. The summed E-state index contributed by atoms with van der Waals surface area (Å²) < 4.78 is 26.2. The molecule has 0 unspecified atom stereocenters. The van der Waals surface area contributed by atoms with E-state index in [4.69, 9.17) is 0 Å². The topological polar surface area (TPSA) is 66.1 Å². The average Bonchev–Trinajstić information content (AvgIpc) is 3.01. The number of aromatic nitrogens is 2. The second-order valence-electron chi connectivity index (χ2n) is 5.53. The Kier molecular flexibility index (Phi) is 2.94. The van der Waals surface area contributed by atoms with Gasteiger partial charge in [0.1, 0.15) is 0 Å². The van der Waals surface area contributed by atoms with Gasteiger partial charge in [-0.1, -0.05) is 12.8 Å². The smallest absolute Gasteiger partial charge is 0.260 e. The molecule has 2 aliphatic rings. The van der Waals surface area contributed by atoms with Gasteiger partial charge >= 0.3 is 0 Å². The van der Waals surface area contributed by atoms with Crippen LogP contribution in [0.1, 0.15) is 38.5 Å². The third-order valence-corrected chi connectivity index (χ3v) is 6.36. The maximum Gasteiger partial charge on any atom is 0.260 e.